The van der Waals surface area contributed by atoms with Gasteiger partial charge in [-0.05, 0) is 24.1 Å². The highest BCUT2D eigenvalue weighted by molar-refractivity contribution is 7.09. The van der Waals surface area contributed by atoms with Crippen molar-refractivity contribution in [1.29, 1.82) is 0 Å². The highest BCUT2D eigenvalue weighted by atomic mass is 32.1. The first-order valence-electron chi connectivity index (χ1n) is 7.29. The van der Waals surface area contributed by atoms with Crippen LogP contribution in [0, 0.1) is 0 Å². The lowest BCUT2D eigenvalue weighted by atomic mass is 10.2. The number of nitrogens with one attached hydrogen (secondary N) is 2. The zero-order chi connectivity index (χ0) is 15.5. The summed E-state index contributed by atoms with van der Waals surface area (Å²) >= 11 is 1.65. The minimum Gasteiger partial charge on any atom is -0.352 e. The van der Waals surface area contributed by atoms with Gasteiger partial charge in [0.15, 0.2) is 0 Å². The maximum absolute atomic E-state index is 12.2. The van der Waals surface area contributed by atoms with Gasteiger partial charge < -0.3 is 10.3 Å². The van der Waals surface area contributed by atoms with Crippen LogP contribution >= 0.6 is 11.3 Å². The number of aromatic nitrogens is 3. The standard InChI is InChI=1S/C16H18N4OS/c1-10(2)14-8-22-15(20-14)5-6-17-16(21)11-3-4-12-13(7-11)19-9-18-12/h3-4,7-10H,5-6H2,1-2H3,(H,17,21)(H,18,19). The van der Waals surface area contributed by atoms with E-state index in [0.717, 1.165) is 28.2 Å². The number of fused-ring (bicyclic) bond motifs is 1. The highest BCUT2D eigenvalue weighted by Gasteiger charge is 2.09. The summed E-state index contributed by atoms with van der Waals surface area (Å²) in [5.41, 5.74) is 3.49. The molecule has 0 spiro atoms. The Bertz CT molecular complexity index is 790. The highest BCUT2D eigenvalue weighted by Crippen LogP contribution is 2.18. The molecule has 0 unspecified atom stereocenters. The average molecular weight is 314 g/mol. The first-order chi connectivity index (χ1) is 10.6. The van der Waals surface area contributed by atoms with Crippen LogP contribution in [0.5, 0.6) is 0 Å². The minimum atomic E-state index is -0.0721. The summed E-state index contributed by atoms with van der Waals surface area (Å²) in [4.78, 5) is 23.9. The van der Waals surface area contributed by atoms with Crippen molar-refractivity contribution >= 4 is 28.3 Å². The van der Waals surface area contributed by atoms with Crippen molar-refractivity contribution in [3.8, 4) is 0 Å². The van der Waals surface area contributed by atoms with E-state index in [2.05, 4.69) is 39.5 Å². The van der Waals surface area contributed by atoms with E-state index >= 15 is 0 Å². The number of aromatic amines is 1. The average Bonchev–Trinajstić information content (AvgIpc) is 3.15. The van der Waals surface area contributed by atoms with Crippen molar-refractivity contribution < 1.29 is 4.79 Å². The van der Waals surface area contributed by atoms with Crippen LogP contribution in [0.25, 0.3) is 11.0 Å². The Labute approximate surface area is 132 Å². The fourth-order valence-corrected chi connectivity index (χ4v) is 3.13. The number of thiazole rings is 1. The molecule has 0 aliphatic heterocycles. The smallest absolute Gasteiger partial charge is 0.251 e. The topological polar surface area (TPSA) is 70.7 Å². The number of amides is 1. The Balaban J connectivity index is 1.57. The molecular formula is C16H18N4OS. The molecule has 0 atom stereocenters. The van der Waals surface area contributed by atoms with E-state index in [0.29, 0.717) is 18.0 Å². The van der Waals surface area contributed by atoms with Gasteiger partial charge in [-0.1, -0.05) is 13.8 Å². The Hall–Kier alpha value is -2.21. The van der Waals surface area contributed by atoms with Crippen molar-refractivity contribution in [2.24, 2.45) is 0 Å². The first kappa shape index (κ1) is 14.7. The molecule has 0 saturated carbocycles. The minimum absolute atomic E-state index is 0.0721. The molecule has 6 heteroatoms. The molecule has 1 amide bonds. The van der Waals surface area contributed by atoms with Crippen molar-refractivity contribution in [3.63, 3.8) is 0 Å². The fourth-order valence-electron chi connectivity index (χ4n) is 2.17. The Morgan fingerprint density at radius 1 is 1.41 bits per heavy atom. The van der Waals surface area contributed by atoms with Crippen LogP contribution in [0.1, 0.15) is 40.8 Å². The molecule has 0 aliphatic carbocycles. The molecule has 2 aromatic heterocycles. The summed E-state index contributed by atoms with van der Waals surface area (Å²) < 4.78 is 0. The maximum Gasteiger partial charge on any atom is 0.251 e. The molecule has 2 N–H and O–H groups in total. The van der Waals surface area contributed by atoms with Gasteiger partial charge in [-0.3, -0.25) is 4.79 Å². The van der Waals surface area contributed by atoms with Crippen LogP contribution in [0.15, 0.2) is 29.9 Å². The van der Waals surface area contributed by atoms with Crippen LogP contribution in [0.2, 0.25) is 0 Å². The fraction of sp³-hybridized carbons (Fsp3) is 0.312. The zero-order valence-electron chi connectivity index (χ0n) is 12.6. The predicted molar refractivity (Wildman–Crippen MR) is 88.3 cm³/mol. The largest absolute Gasteiger partial charge is 0.352 e. The summed E-state index contributed by atoms with van der Waals surface area (Å²) in [5.74, 6) is 0.373. The molecule has 114 valence electrons. The van der Waals surface area contributed by atoms with E-state index < -0.39 is 0 Å². The van der Waals surface area contributed by atoms with Crippen molar-refractivity contribution in [2.75, 3.05) is 6.54 Å². The van der Waals surface area contributed by atoms with E-state index in [9.17, 15) is 4.79 Å². The van der Waals surface area contributed by atoms with Gasteiger partial charge in [0.2, 0.25) is 0 Å². The van der Waals surface area contributed by atoms with Gasteiger partial charge in [0.25, 0.3) is 5.91 Å². The number of rotatable bonds is 5. The lowest BCUT2D eigenvalue weighted by Gasteiger charge is -2.04. The second kappa shape index (κ2) is 6.27. The number of carbonyl (C=O) groups excluding carboxylic acids is 1. The van der Waals surface area contributed by atoms with Gasteiger partial charge in [0.1, 0.15) is 0 Å². The molecular weight excluding hydrogens is 296 g/mol. The molecule has 0 bridgehead atoms. The molecule has 0 aliphatic rings. The van der Waals surface area contributed by atoms with Gasteiger partial charge in [-0.2, -0.15) is 0 Å². The molecule has 0 radical (unpaired) electrons. The lowest BCUT2D eigenvalue weighted by molar-refractivity contribution is 0.0954. The second-order valence-electron chi connectivity index (χ2n) is 5.46. The van der Waals surface area contributed by atoms with Crippen LogP contribution in [0.3, 0.4) is 0 Å². The van der Waals surface area contributed by atoms with E-state index in [4.69, 9.17) is 0 Å². The van der Waals surface area contributed by atoms with E-state index in [-0.39, 0.29) is 5.91 Å². The monoisotopic (exact) mass is 314 g/mol. The van der Waals surface area contributed by atoms with Gasteiger partial charge >= 0.3 is 0 Å². The zero-order valence-corrected chi connectivity index (χ0v) is 13.4. The summed E-state index contributed by atoms with van der Waals surface area (Å²) in [7, 11) is 0. The Morgan fingerprint density at radius 3 is 3.05 bits per heavy atom. The molecule has 3 aromatic rings. The van der Waals surface area contributed by atoms with E-state index in [1.54, 1.807) is 23.7 Å². The normalized spacial score (nSPS) is 11.2. The number of benzene rings is 1. The molecule has 2 heterocycles. The molecule has 0 fully saturated rings. The molecule has 0 saturated heterocycles. The van der Waals surface area contributed by atoms with E-state index in [1.807, 2.05) is 12.1 Å². The third-order valence-electron chi connectivity index (χ3n) is 3.47. The Kier molecular flexibility index (Phi) is 4.20. The summed E-state index contributed by atoms with van der Waals surface area (Å²) in [6.45, 7) is 4.85. The number of hydrogen-bond acceptors (Lipinski definition) is 4. The van der Waals surface area contributed by atoms with E-state index in [1.165, 1.54) is 0 Å². The predicted octanol–water partition coefficient (Wildman–Crippen LogP) is 3.12. The number of nitrogens with zero attached hydrogens (tertiary/aromatic N) is 2. The third-order valence-corrected chi connectivity index (χ3v) is 4.39. The number of imidazole rings is 1. The summed E-state index contributed by atoms with van der Waals surface area (Å²) in [6.07, 6.45) is 2.39. The molecule has 5 nitrogen and oxygen atoms in total. The van der Waals surface area contributed by atoms with Crippen molar-refractivity contribution in [2.45, 2.75) is 26.2 Å². The van der Waals surface area contributed by atoms with Crippen LogP contribution in [0.4, 0.5) is 0 Å². The van der Waals surface area contributed by atoms with Crippen molar-refractivity contribution in [3.05, 3.63) is 46.2 Å². The molecule has 1 aromatic carbocycles. The first-order valence-corrected chi connectivity index (χ1v) is 8.17. The van der Waals surface area contributed by atoms with Gasteiger partial charge in [-0.25, -0.2) is 9.97 Å². The van der Waals surface area contributed by atoms with Gasteiger partial charge in [0.05, 0.1) is 28.1 Å². The number of hydrogen-bond donors (Lipinski definition) is 2. The quantitative estimate of drug-likeness (QED) is 0.760. The molecule has 22 heavy (non-hydrogen) atoms. The SMILES string of the molecule is CC(C)c1csc(CCNC(=O)c2ccc3nc[nH]c3c2)n1. The summed E-state index contributed by atoms with van der Waals surface area (Å²) in [6, 6.07) is 5.45. The van der Waals surface area contributed by atoms with Crippen LogP contribution in [-0.2, 0) is 6.42 Å². The third kappa shape index (κ3) is 3.17. The second-order valence-corrected chi connectivity index (χ2v) is 6.40. The van der Waals surface area contributed by atoms with Gasteiger partial charge in [-0.15, -0.1) is 11.3 Å². The number of H-pyrrole nitrogens is 1. The lowest BCUT2D eigenvalue weighted by Crippen LogP contribution is -2.25. The van der Waals surface area contributed by atoms with Crippen LogP contribution in [-0.4, -0.2) is 27.4 Å². The van der Waals surface area contributed by atoms with Crippen molar-refractivity contribution in [1.82, 2.24) is 20.3 Å². The number of carbonyl (C=O) groups is 1. The molecule has 3 rings (SSSR count). The Morgan fingerprint density at radius 2 is 2.27 bits per heavy atom. The van der Waals surface area contributed by atoms with Gasteiger partial charge in [0, 0.05) is 23.9 Å². The van der Waals surface area contributed by atoms with Crippen LogP contribution < -0.4 is 5.32 Å². The maximum atomic E-state index is 12.2. The summed E-state index contributed by atoms with van der Waals surface area (Å²) in [5, 5.41) is 6.09.